The second-order valence-corrected chi connectivity index (χ2v) is 4.75. The second-order valence-electron chi connectivity index (χ2n) is 4.75. The molecule has 0 aromatic heterocycles. The fourth-order valence-electron chi connectivity index (χ4n) is 3.12. The molecular weight excluding hydrogens is 202 g/mol. The fourth-order valence-corrected chi connectivity index (χ4v) is 3.12. The molecular formula is C13H17NO2. The van der Waals surface area contributed by atoms with Crippen molar-refractivity contribution in [1.29, 1.82) is 0 Å². The lowest BCUT2D eigenvalue weighted by atomic mass is 9.71. The topological polar surface area (TPSA) is 41.5 Å². The Bertz CT molecular complexity index is 418. The Morgan fingerprint density at radius 2 is 2.44 bits per heavy atom. The summed E-state index contributed by atoms with van der Waals surface area (Å²) < 4.78 is 5.99. The lowest BCUT2D eigenvalue weighted by molar-refractivity contribution is 0.109. The molecule has 2 heterocycles. The maximum Gasteiger partial charge on any atom is 0.124 e. The van der Waals surface area contributed by atoms with E-state index in [9.17, 15) is 5.11 Å². The van der Waals surface area contributed by atoms with Gasteiger partial charge in [-0.2, -0.15) is 0 Å². The number of hydrogen-bond donors (Lipinski definition) is 2. The summed E-state index contributed by atoms with van der Waals surface area (Å²) in [6.45, 7) is 4.15. The molecule has 0 bridgehead atoms. The zero-order chi connectivity index (χ0) is 11.2. The van der Waals surface area contributed by atoms with Crippen molar-refractivity contribution < 1.29 is 9.84 Å². The van der Waals surface area contributed by atoms with E-state index in [0.717, 1.165) is 31.7 Å². The lowest BCUT2D eigenvalue weighted by Gasteiger charge is -2.37. The van der Waals surface area contributed by atoms with Crippen LogP contribution in [0.3, 0.4) is 0 Å². The van der Waals surface area contributed by atoms with Crippen LogP contribution >= 0.6 is 0 Å². The number of piperidine rings is 1. The Morgan fingerprint density at radius 1 is 1.56 bits per heavy atom. The summed E-state index contributed by atoms with van der Waals surface area (Å²) >= 11 is 0. The summed E-state index contributed by atoms with van der Waals surface area (Å²) in [6, 6.07) is 5.47. The molecule has 1 aromatic rings. The molecule has 3 nitrogen and oxygen atoms in total. The molecule has 16 heavy (non-hydrogen) atoms. The summed E-state index contributed by atoms with van der Waals surface area (Å²) in [5, 5.41) is 13.0. The summed E-state index contributed by atoms with van der Waals surface area (Å²) in [5.41, 5.74) is 1.31. The van der Waals surface area contributed by atoms with Gasteiger partial charge >= 0.3 is 0 Å². The van der Waals surface area contributed by atoms with Gasteiger partial charge in [0.15, 0.2) is 0 Å². The summed E-state index contributed by atoms with van der Waals surface area (Å²) in [7, 11) is 0. The Kier molecular flexibility index (Phi) is 2.11. The monoisotopic (exact) mass is 219 g/mol. The van der Waals surface area contributed by atoms with E-state index >= 15 is 0 Å². The predicted octanol–water partition coefficient (Wildman–Crippen LogP) is 1.79. The molecule has 0 radical (unpaired) electrons. The van der Waals surface area contributed by atoms with E-state index < -0.39 is 0 Å². The first-order valence-electron chi connectivity index (χ1n) is 5.97. The van der Waals surface area contributed by atoms with Gasteiger partial charge in [-0.15, -0.1) is 0 Å². The normalized spacial score (nSPS) is 31.7. The summed E-state index contributed by atoms with van der Waals surface area (Å²) in [4.78, 5) is 0. The van der Waals surface area contributed by atoms with Crippen LogP contribution in [0.2, 0.25) is 0 Å². The van der Waals surface area contributed by atoms with Gasteiger partial charge in [0.05, 0.1) is 0 Å². The van der Waals surface area contributed by atoms with Crippen LogP contribution in [0.15, 0.2) is 18.2 Å². The Hall–Kier alpha value is -1.22. The molecule has 0 spiro atoms. The molecule has 0 aliphatic carbocycles. The van der Waals surface area contributed by atoms with Crippen LogP contribution in [0.4, 0.5) is 0 Å². The highest BCUT2D eigenvalue weighted by Gasteiger charge is 2.48. The molecule has 0 saturated carbocycles. The summed E-state index contributed by atoms with van der Waals surface area (Å²) in [6.07, 6.45) is 2.38. The fraction of sp³-hybridized carbons (Fsp3) is 0.538. The SMILES string of the molecule is CC[C@]12CCNC[C@H]1Oc1ccc(O)cc12. The number of rotatable bonds is 1. The van der Waals surface area contributed by atoms with Crippen molar-refractivity contribution in [2.24, 2.45) is 0 Å². The zero-order valence-corrected chi connectivity index (χ0v) is 9.49. The highest BCUT2D eigenvalue weighted by atomic mass is 16.5. The van der Waals surface area contributed by atoms with Crippen LogP contribution < -0.4 is 10.1 Å². The van der Waals surface area contributed by atoms with E-state index in [1.807, 2.05) is 12.1 Å². The first-order valence-corrected chi connectivity index (χ1v) is 5.97. The van der Waals surface area contributed by atoms with E-state index in [4.69, 9.17) is 4.74 Å². The maximum atomic E-state index is 9.63. The first-order chi connectivity index (χ1) is 7.76. The molecule has 3 heteroatoms. The average molecular weight is 219 g/mol. The third-order valence-electron chi connectivity index (χ3n) is 4.09. The van der Waals surface area contributed by atoms with Gasteiger partial charge in [0.25, 0.3) is 0 Å². The van der Waals surface area contributed by atoms with E-state index in [1.165, 1.54) is 5.56 Å². The van der Waals surface area contributed by atoms with Gasteiger partial charge < -0.3 is 15.2 Å². The standard InChI is InChI=1S/C13H17NO2/c1-2-13-5-6-14-8-12(13)16-11-4-3-9(15)7-10(11)13/h3-4,7,12,14-15H,2,5-6,8H2,1H3/t12-,13-/m1/s1. The lowest BCUT2D eigenvalue weighted by Crippen LogP contribution is -2.50. The molecule has 1 aromatic carbocycles. The predicted molar refractivity (Wildman–Crippen MR) is 62.0 cm³/mol. The van der Waals surface area contributed by atoms with E-state index in [0.29, 0.717) is 5.75 Å². The molecule has 2 aliphatic rings. The number of benzene rings is 1. The van der Waals surface area contributed by atoms with Crippen LogP contribution in [0.1, 0.15) is 25.3 Å². The van der Waals surface area contributed by atoms with Gasteiger partial charge in [0.2, 0.25) is 0 Å². The van der Waals surface area contributed by atoms with E-state index in [-0.39, 0.29) is 11.5 Å². The highest BCUT2D eigenvalue weighted by Crippen LogP contribution is 2.49. The van der Waals surface area contributed by atoms with Crippen LogP contribution in [-0.2, 0) is 5.41 Å². The minimum atomic E-state index is 0.110. The van der Waals surface area contributed by atoms with Gasteiger partial charge in [0.1, 0.15) is 17.6 Å². The van der Waals surface area contributed by atoms with Crippen molar-refractivity contribution in [3.63, 3.8) is 0 Å². The number of ether oxygens (including phenoxy) is 1. The van der Waals surface area contributed by atoms with Gasteiger partial charge in [0, 0.05) is 17.5 Å². The molecule has 1 fully saturated rings. The van der Waals surface area contributed by atoms with Crippen molar-refractivity contribution in [3.8, 4) is 11.5 Å². The minimum absolute atomic E-state index is 0.110. The summed E-state index contributed by atoms with van der Waals surface area (Å²) in [5.74, 6) is 1.29. The number of nitrogens with one attached hydrogen (secondary N) is 1. The first kappa shape index (κ1) is 9.97. The molecule has 0 amide bonds. The molecule has 2 N–H and O–H groups in total. The van der Waals surface area contributed by atoms with Crippen LogP contribution in [-0.4, -0.2) is 24.3 Å². The van der Waals surface area contributed by atoms with Gasteiger partial charge in [-0.3, -0.25) is 0 Å². The van der Waals surface area contributed by atoms with Crippen molar-refractivity contribution >= 4 is 0 Å². The number of phenols is 1. The molecule has 2 aliphatic heterocycles. The van der Waals surface area contributed by atoms with Crippen LogP contribution in [0.5, 0.6) is 11.5 Å². The molecule has 86 valence electrons. The van der Waals surface area contributed by atoms with Crippen molar-refractivity contribution in [3.05, 3.63) is 23.8 Å². The number of hydrogen-bond acceptors (Lipinski definition) is 3. The molecule has 3 rings (SSSR count). The van der Waals surface area contributed by atoms with Crippen molar-refractivity contribution in [2.45, 2.75) is 31.3 Å². The maximum absolute atomic E-state index is 9.63. The Labute approximate surface area is 95.4 Å². The Balaban J connectivity index is 2.12. The number of fused-ring (bicyclic) bond motifs is 3. The van der Waals surface area contributed by atoms with Gasteiger partial charge in [-0.25, -0.2) is 0 Å². The third kappa shape index (κ3) is 1.18. The highest BCUT2D eigenvalue weighted by molar-refractivity contribution is 5.49. The van der Waals surface area contributed by atoms with E-state index in [2.05, 4.69) is 12.2 Å². The second kappa shape index (κ2) is 3.39. The number of aromatic hydroxyl groups is 1. The molecule has 0 unspecified atom stereocenters. The van der Waals surface area contributed by atoms with Crippen LogP contribution in [0.25, 0.3) is 0 Å². The van der Waals surface area contributed by atoms with Crippen molar-refractivity contribution in [2.75, 3.05) is 13.1 Å². The quantitative estimate of drug-likeness (QED) is 0.756. The van der Waals surface area contributed by atoms with Gasteiger partial charge in [-0.05, 0) is 37.6 Å². The zero-order valence-electron chi connectivity index (χ0n) is 9.49. The van der Waals surface area contributed by atoms with E-state index in [1.54, 1.807) is 6.07 Å². The van der Waals surface area contributed by atoms with Crippen molar-refractivity contribution in [1.82, 2.24) is 5.32 Å². The molecule has 1 saturated heterocycles. The van der Waals surface area contributed by atoms with Gasteiger partial charge in [-0.1, -0.05) is 6.92 Å². The third-order valence-corrected chi connectivity index (χ3v) is 4.09. The molecule has 2 atom stereocenters. The minimum Gasteiger partial charge on any atom is -0.508 e. The Morgan fingerprint density at radius 3 is 3.25 bits per heavy atom. The average Bonchev–Trinajstić information content (AvgIpc) is 2.64. The largest absolute Gasteiger partial charge is 0.508 e. The van der Waals surface area contributed by atoms with Crippen LogP contribution in [0, 0.1) is 0 Å². The smallest absolute Gasteiger partial charge is 0.124 e. The number of phenolic OH excluding ortho intramolecular Hbond substituents is 1.